The SMILES string of the molecule is COCCCn1c(S[C@H](C)C(=O)NC(=O)OC)nc2ccccc2c1=O. The minimum absolute atomic E-state index is 0.172. The zero-order chi connectivity index (χ0) is 19.1. The number of amides is 2. The number of hydrogen-bond acceptors (Lipinski definition) is 7. The molecule has 2 amide bonds. The molecule has 2 rings (SSSR count). The van der Waals surface area contributed by atoms with Crippen LogP contribution in [0.2, 0.25) is 0 Å². The van der Waals surface area contributed by atoms with E-state index >= 15 is 0 Å². The molecule has 0 bridgehead atoms. The molecule has 0 unspecified atom stereocenters. The maximum Gasteiger partial charge on any atom is 0.413 e. The van der Waals surface area contributed by atoms with Gasteiger partial charge in [0, 0.05) is 20.3 Å². The minimum atomic E-state index is -0.827. The number of thioether (sulfide) groups is 1. The first-order chi connectivity index (χ1) is 12.5. The van der Waals surface area contributed by atoms with Crippen LogP contribution < -0.4 is 10.9 Å². The van der Waals surface area contributed by atoms with Crippen molar-refractivity contribution < 1.29 is 19.1 Å². The molecular formula is C17H21N3O5S. The summed E-state index contributed by atoms with van der Waals surface area (Å²) < 4.78 is 11.0. The third kappa shape index (κ3) is 4.83. The maximum absolute atomic E-state index is 12.8. The lowest BCUT2D eigenvalue weighted by Gasteiger charge is -2.15. The molecule has 0 spiro atoms. The lowest BCUT2D eigenvalue weighted by molar-refractivity contribution is -0.119. The highest BCUT2D eigenvalue weighted by molar-refractivity contribution is 8.00. The molecule has 26 heavy (non-hydrogen) atoms. The van der Waals surface area contributed by atoms with E-state index < -0.39 is 17.3 Å². The number of ether oxygens (including phenoxy) is 2. The second-order valence-corrected chi connectivity index (χ2v) is 6.76. The number of carbonyl (C=O) groups excluding carboxylic acids is 2. The van der Waals surface area contributed by atoms with Crippen molar-refractivity contribution in [1.29, 1.82) is 0 Å². The molecule has 1 heterocycles. The number of alkyl carbamates (subject to hydrolysis) is 1. The number of methoxy groups -OCH3 is 2. The number of para-hydroxylation sites is 1. The second-order valence-electron chi connectivity index (χ2n) is 5.46. The van der Waals surface area contributed by atoms with Gasteiger partial charge in [0.15, 0.2) is 5.16 Å². The monoisotopic (exact) mass is 379 g/mol. The van der Waals surface area contributed by atoms with Crippen LogP contribution in [0.15, 0.2) is 34.2 Å². The second kappa shape index (κ2) is 9.35. The van der Waals surface area contributed by atoms with Gasteiger partial charge in [0.25, 0.3) is 5.56 Å². The van der Waals surface area contributed by atoms with Crippen LogP contribution in [0.1, 0.15) is 13.3 Å². The Morgan fingerprint density at radius 3 is 2.73 bits per heavy atom. The average molecular weight is 379 g/mol. The Morgan fingerprint density at radius 1 is 1.31 bits per heavy atom. The van der Waals surface area contributed by atoms with Gasteiger partial charge in [-0.2, -0.15) is 0 Å². The van der Waals surface area contributed by atoms with Crippen molar-refractivity contribution in [2.45, 2.75) is 30.3 Å². The lowest BCUT2D eigenvalue weighted by atomic mass is 10.2. The number of imide groups is 1. The Balaban J connectivity index is 2.34. The predicted molar refractivity (Wildman–Crippen MR) is 98.4 cm³/mol. The molecule has 8 nitrogen and oxygen atoms in total. The van der Waals surface area contributed by atoms with E-state index in [-0.39, 0.29) is 5.56 Å². The van der Waals surface area contributed by atoms with Gasteiger partial charge in [-0.25, -0.2) is 9.78 Å². The quantitative estimate of drug-likeness (QED) is 0.445. The number of benzene rings is 1. The summed E-state index contributed by atoms with van der Waals surface area (Å²) in [6, 6.07) is 7.05. The highest BCUT2D eigenvalue weighted by atomic mass is 32.2. The van der Waals surface area contributed by atoms with E-state index in [1.807, 2.05) is 0 Å². The number of nitrogens with one attached hydrogen (secondary N) is 1. The summed E-state index contributed by atoms with van der Waals surface area (Å²) in [4.78, 5) is 40.6. The van der Waals surface area contributed by atoms with Crippen LogP contribution in [0.3, 0.4) is 0 Å². The van der Waals surface area contributed by atoms with E-state index in [1.165, 1.54) is 11.7 Å². The molecule has 1 aromatic carbocycles. The Bertz CT molecular complexity index is 852. The molecule has 0 aliphatic carbocycles. The number of fused-ring (bicyclic) bond motifs is 1. The van der Waals surface area contributed by atoms with Gasteiger partial charge in [0.2, 0.25) is 5.91 Å². The van der Waals surface area contributed by atoms with E-state index in [4.69, 9.17) is 4.74 Å². The molecule has 2 aromatic rings. The molecule has 1 aromatic heterocycles. The topological polar surface area (TPSA) is 99.5 Å². The minimum Gasteiger partial charge on any atom is -0.453 e. The number of hydrogen-bond donors (Lipinski definition) is 1. The zero-order valence-electron chi connectivity index (χ0n) is 14.9. The first kappa shape index (κ1) is 19.9. The van der Waals surface area contributed by atoms with Gasteiger partial charge in [0.1, 0.15) is 0 Å². The maximum atomic E-state index is 12.8. The fourth-order valence-electron chi connectivity index (χ4n) is 2.27. The molecule has 9 heteroatoms. The van der Waals surface area contributed by atoms with Crippen LogP contribution in [-0.2, 0) is 20.8 Å². The van der Waals surface area contributed by atoms with Gasteiger partial charge < -0.3 is 9.47 Å². The molecule has 0 saturated heterocycles. The number of carbonyl (C=O) groups is 2. The van der Waals surface area contributed by atoms with E-state index in [2.05, 4.69) is 15.0 Å². The highest BCUT2D eigenvalue weighted by Crippen LogP contribution is 2.23. The Morgan fingerprint density at radius 2 is 2.04 bits per heavy atom. The van der Waals surface area contributed by atoms with Crippen LogP contribution in [0.5, 0.6) is 0 Å². The van der Waals surface area contributed by atoms with Crippen molar-refractivity contribution in [2.24, 2.45) is 0 Å². The van der Waals surface area contributed by atoms with Crippen LogP contribution in [0.4, 0.5) is 4.79 Å². The largest absolute Gasteiger partial charge is 0.453 e. The van der Waals surface area contributed by atoms with Crippen LogP contribution >= 0.6 is 11.8 Å². The predicted octanol–water partition coefficient (Wildman–Crippen LogP) is 1.80. The standard InChI is InChI=1S/C17H21N3O5S/c1-11(14(21)19-17(23)25-3)26-16-18-13-8-5-4-7-12(13)15(22)20(16)9-6-10-24-2/h4-5,7-8,11H,6,9-10H2,1-3H3,(H,19,21,23)/t11-/m1/s1. The fraction of sp³-hybridized carbons (Fsp3) is 0.412. The van der Waals surface area contributed by atoms with Crippen molar-refractivity contribution >= 4 is 34.7 Å². The normalized spacial score (nSPS) is 12.0. The van der Waals surface area contributed by atoms with Crippen molar-refractivity contribution in [3.05, 3.63) is 34.6 Å². The number of rotatable bonds is 7. The highest BCUT2D eigenvalue weighted by Gasteiger charge is 2.21. The van der Waals surface area contributed by atoms with E-state index in [1.54, 1.807) is 38.3 Å². The first-order valence-corrected chi connectivity index (χ1v) is 8.90. The van der Waals surface area contributed by atoms with E-state index in [0.717, 1.165) is 11.8 Å². The summed E-state index contributed by atoms with van der Waals surface area (Å²) in [5.74, 6) is -0.521. The van der Waals surface area contributed by atoms with Crippen molar-refractivity contribution in [2.75, 3.05) is 20.8 Å². The van der Waals surface area contributed by atoms with Crippen LogP contribution in [-0.4, -0.2) is 47.6 Å². The molecule has 1 N–H and O–H groups in total. The molecular weight excluding hydrogens is 358 g/mol. The summed E-state index contributed by atoms with van der Waals surface area (Å²) >= 11 is 1.11. The molecule has 1 atom stereocenters. The van der Waals surface area contributed by atoms with Gasteiger partial charge in [-0.05, 0) is 25.5 Å². The third-order valence-electron chi connectivity index (χ3n) is 3.62. The van der Waals surface area contributed by atoms with Gasteiger partial charge in [-0.1, -0.05) is 23.9 Å². The van der Waals surface area contributed by atoms with Gasteiger partial charge >= 0.3 is 6.09 Å². The Kier molecular flexibility index (Phi) is 7.16. The lowest BCUT2D eigenvalue weighted by Crippen LogP contribution is -2.36. The smallest absolute Gasteiger partial charge is 0.413 e. The average Bonchev–Trinajstić information content (AvgIpc) is 2.64. The summed E-state index contributed by atoms with van der Waals surface area (Å²) in [7, 11) is 2.77. The molecule has 0 aliphatic rings. The van der Waals surface area contributed by atoms with Crippen molar-refractivity contribution in [1.82, 2.24) is 14.9 Å². The van der Waals surface area contributed by atoms with Crippen molar-refractivity contribution in [3.63, 3.8) is 0 Å². The van der Waals surface area contributed by atoms with E-state index in [9.17, 15) is 14.4 Å². The Labute approximate surface area is 154 Å². The summed E-state index contributed by atoms with van der Waals surface area (Å²) in [5.41, 5.74) is 0.387. The van der Waals surface area contributed by atoms with Gasteiger partial charge in [-0.3, -0.25) is 19.5 Å². The molecule has 0 saturated carbocycles. The molecule has 0 fully saturated rings. The Hall–Kier alpha value is -2.39. The van der Waals surface area contributed by atoms with Gasteiger partial charge in [-0.15, -0.1) is 0 Å². The fourth-order valence-corrected chi connectivity index (χ4v) is 3.20. The summed E-state index contributed by atoms with van der Waals surface area (Å²) in [5, 5.41) is 2.40. The van der Waals surface area contributed by atoms with Crippen LogP contribution in [0.25, 0.3) is 10.9 Å². The van der Waals surface area contributed by atoms with Crippen LogP contribution in [0, 0.1) is 0 Å². The molecule has 140 valence electrons. The summed E-state index contributed by atoms with van der Waals surface area (Å²) in [6.07, 6.45) is -0.196. The number of aromatic nitrogens is 2. The summed E-state index contributed by atoms with van der Waals surface area (Å²) in [6.45, 7) is 2.55. The zero-order valence-corrected chi connectivity index (χ0v) is 15.7. The molecule has 0 radical (unpaired) electrons. The molecule has 0 aliphatic heterocycles. The van der Waals surface area contributed by atoms with Gasteiger partial charge in [0.05, 0.1) is 23.3 Å². The number of nitrogens with zero attached hydrogens (tertiary/aromatic N) is 2. The third-order valence-corrected chi connectivity index (χ3v) is 4.71. The van der Waals surface area contributed by atoms with E-state index in [0.29, 0.717) is 35.6 Å². The van der Waals surface area contributed by atoms with Crippen molar-refractivity contribution in [3.8, 4) is 0 Å². The first-order valence-electron chi connectivity index (χ1n) is 8.02.